The number of aryl methyl sites for hydroxylation is 2. The Kier molecular flexibility index (Phi) is 8.23. The lowest BCUT2D eigenvalue weighted by molar-refractivity contribution is -0.206. The molecule has 1 fully saturated rings. The molecule has 0 radical (unpaired) electrons. The Labute approximate surface area is 210 Å². The van der Waals surface area contributed by atoms with Gasteiger partial charge in [0.2, 0.25) is 0 Å². The SMILES string of the molecule is CCCC1COC(c2ccc(-c3ccc(CCc4cc(F)c(C(F)(F)F)c(F)c4)c(F)c3F)cc2)OC1. The number of benzene rings is 3. The highest BCUT2D eigenvalue weighted by Gasteiger charge is 2.37. The van der Waals surface area contributed by atoms with Gasteiger partial charge in [0.15, 0.2) is 17.9 Å². The average Bonchev–Trinajstić information content (AvgIpc) is 2.84. The first kappa shape index (κ1) is 27.1. The van der Waals surface area contributed by atoms with Crippen molar-refractivity contribution in [1.29, 1.82) is 0 Å². The first-order valence-electron chi connectivity index (χ1n) is 11.9. The van der Waals surface area contributed by atoms with Gasteiger partial charge in [-0.15, -0.1) is 0 Å². The van der Waals surface area contributed by atoms with E-state index in [2.05, 4.69) is 6.92 Å². The molecular weight excluding hydrogens is 501 g/mol. The van der Waals surface area contributed by atoms with Crippen LogP contribution in [0.2, 0.25) is 0 Å². The molecule has 0 unspecified atom stereocenters. The number of alkyl halides is 3. The quantitative estimate of drug-likeness (QED) is 0.289. The van der Waals surface area contributed by atoms with Crippen LogP contribution in [0.4, 0.5) is 30.7 Å². The molecular formula is C28H25F7O2. The maximum atomic E-state index is 14.9. The van der Waals surface area contributed by atoms with Gasteiger partial charge in [-0.05, 0) is 48.1 Å². The van der Waals surface area contributed by atoms with Crippen LogP contribution in [-0.2, 0) is 28.5 Å². The summed E-state index contributed by atoms with van der Waals surface area (Å²) in [7, 11) is 0. The van der Waals surface area contributed by atoms with Crippen molar-refractivity contribution in [3.05, 3.63) is 94.1 Å². The molecule has 1 saturated heterocycles. The van der Waals surface area contributed by atoms with Gasteiger partial charge in [-0.25, -0.2) is 17.6 Å². The third kappa shape index (κ3) is 6.15. The van der Waals surface area contributed by atoms with Crippen molar-refractivity contribution in [1.82, 2.24) is 0 Å². The molecule has 198 valence electrons. The summed E-state index contributed by atoms with van der Waals surface area (Å²) in [4.78, 5) is 0. The van der Waals surface area contributed by atoms with Gasteiger partial charge < -0.3 is 9.47 Å². The Hall–Kier alpha value is -2.91. The van der Waals surface area contributed by atoms with Gasteiger partial charge >= 0.3 is 6.18 Å². The number of halogens is 7. The van der Waals surface area contributed by atoms with Crippen LogP contribution in [0.1, 0.15) is 48.3 Å². The highest BCUT2D eigenvalue weighted by atomic mass is 19.4. The summed E-state index contributed by atoms with van der Waals surface area (Å²) in [6.07, 6.45) is -3.98. The predicted molar refractivity (Wildman–Crippen MR) is 124 cm³/mol. The van der Waals surface area contributed by atoms with E-state index in [0.717, 1.165) is 18.4 Å². The molecule has 4 rings (SSSR count). The highest BCUT2D eigenvalue weighted by molar-refractivity contribution is 5.65. The van der Waals surface area contributed by atoms with Crippen LogP contribution < -0.4 is 0 Å². The Balaban J connectivity index is 1.45. The normalized spacial score (nSPS) is 18.3. The van der Waals surface area contributed by atoms with Crippen LogP contribution in [0.5, 0.6) is 0 Å². The highest BCUT2D eigenvalue weighted by Crippen LogP contribution is 2.35. The van der Waals surface area contributed by atoms with Crippen molar-refractivity contribution in [2.75, 3.05) is 13.2 Å². The van der Waals surface area contributed by atoms with E-state index in [1.54, 1.807) is 24.3 Å². The van der Waals surface area contributed by atoms with Crippen molar-refractivity contribution in [2.45, 2.75) is 45.1 Å². The minimum absolute atomic E-state index is 0.0212. The van der Waals surface area contributed by atoms with Crippen molar-refractivity contribution in [2.24, 2.45) is 5.92 Å². The molecule has 0 spiro atoms. The van der Waals surface area contributed by atoms with Crippen LogP contribution in [0, 0.1) is 29.2 Å². The van der Waals surface area contributed by atoms with Gasteiger partial charge in [0, 0.05) is 17.0 Å². The Morgan fingerprint density at radius 3 is 2.00 bits per heavy atom. The van der Waals surface area contributed by atoms with E-state index >= 15 is 0 Å². The largest absolute Gasteiger partial charge is 0.422 e. The van der Waals surface area contributed by atoms with Crippen molar-refractivity contribution >= 4 is 0 Å². The fraction of sp³-hybridized carbons (Fsp3) is 0.357. The van der Waals surface area contributed by atoms with Gasteiger partial charge in [-0.3, -0.25) is 0 Å². The number of hydrogen-bond donors (Lipinski definition) is 0. The van der Waals surface area contributed by atoms with Crippen LogP contribution >= 0.6 is 0 Å². The Bertz CT molecular complexity index is 1210. The van der Waals surface area contributed by atoms with Crippen molar-refractivity contribution < 1.29 is 40.2 Å². The molecule has 9 heteroatoms. The van der Waals surface area contributed by atoms with Crippen LogP contribution in [-0.4, -0.2) is 13.2 Å². The van der Waals surface area contributed by atoms with Crippen LogP contribution in [0.25, 0.3) is 11.1 Å². The number of rotatable bonds is 7. The lowest BCUT2D eigenvalue weighted by atomic mass is 9.97. The lowest BCUT2D eigenvalue weighted by Gasteiger charge is -2.29. The molecule has 1 aliphatic heterocycles. The van der Waals surface area contributed by atoms with E-state index in [1.807, 2.05) is 0 Å². The summed E-state index contributed by atoms with van der Waals surface area (Å²) < 4.78 is 107. The third-order valence-electron chi connectivity index (χ3n) is 6.39. The summed E-state index contributed by atoms with van der Waals surface area (Å²) in [5.41, 5.74) is -0.940. The summed E-state index contributed by atoms with van der Waals surface area (Å²) in [6, 6.07) is 10.5. The summed E-state index contributed by atoms with van der Waals surface area (Å²) in [6.45, 7) is 3.28. The third-order valence-corrected chi connectivity index (χ3v) is 6.39. The molecule has 0 N–H and O–H groups in total. The minimum atomic E-state index is -5.18. The second-order valence-corrected chi connectivity index (χ2v) is 9.11. The molecule has 2 nitrogen and oxygen atoms in total. The average molecular weight is 526 g/mol. The standard InChI is InChI=1S/C28H25F7O2/c1-2-3-17-14-36-27(37-15-17)20-8-6-18(7-9-20)21-11-10-19(25(31)26(21)32)5-4-16-12-22(29)24(23(30)13-16)28(33,34)35/h6-13,17,27H,2-5,14-15H2,1H3. The van der Waals surface area contributed by atoms with E-state index in [9.17, 15) is 30.7 Å². The Morgan fingerprint density at radius 2 is 1.43 bits per heavy atom. The summed E-state index contributed by atoms with van der Waals surface area (Å²) in [5.74, 6) is -5.37. The first-order chi connectivity index (χ1) is 17.6. The molecule has 0 saturated carbocycles. The molecule has 37 heavy (non-hydrogen) atoms. The zero-order valence-electron chi connectivity index (χ0n) is 20.0. The zero-order valence-corrected chi connectivity index (χ0v) is 20.0. The zero-order chi connectivity index (χ0) is 26.7. The van der Waals surface area contributed by atoms with E-state index in [0.29, 0.717) is 36.8 Å². The van der Waals surface area contributed by atoms with Crippen molar-refractivity contribution in [3.8, 4) is 11.1 Å². The van der Waals surface area contributed by atoms with E-state index < -0.39 is 41.3 Å². The molecule has 3 aromatic carbocycles. The molecule has 1 heterocycles. The summed E-state index contributed by atoms with van der Waals surface area (Å²) in [5, 5.41) is 0. The first-order valence-corrected chi connectivity index (χ1v) is 11.9. The fourth-order valence-corrected chi connectivity index (χ4v) is 4.46. The Morgan fingerprint density at radius 1 is 0.811 bits per heavy atom. The number of ether oxygens (including phenoxy) is 2. The maximum absolute atomic E-state index is 14.9. The van der Waals surface area contributed by atoms with Gasteiger partial charge in [0.1, 0.15) is 17.2 Å². The van der Waals surface area contributed by atoms with E-state index in [-0.39, 0.29) is 29.5 Å². The second kappa shape index (κ2) is 11.2. The molecule has 0 aromatic heterocycles. The van der Waals surface area contributed by atoms with Crippen molar-refractivity contribution in [3.63, 3.8) is 0 Å². The van der Waals surface area contributed by atoms with Gasteiger partial charge in [0.05, 0.1) is 13.2 Å². The molecule has 3 aromatic rings. The lowest BCUT2D eigenvalue weighted by Crippen LogP contribution is -2.26. The monoisotopic (exact) mass is 526 g/mol. The van der Waals surface area contributed by atoms with Gasteiger partial charge in [-0.1, -0.05) is 49.7 Å². The number of hydrogen-bond acceptors (Lipinski definition) is 2. The van der Waals surface area contributed by atoms with Crippen LogP contribution in [0.3, 0.4) is 0 Å². The maximum Gasteiger partial charge on any atom is 0.422 e. The molecule has 0 aliphatic carbocycles. The molecule has 0 bridgehead atoms. The van der Waals surface area contributed by atoms with E-state index in [4.69, 9.17) is 9.47 Å². The molecule has 1 aliphatic rings. The predicted octanol–water partition coefficient (Wildman–Crippen LogP) is 8.18. The van der Waals surface area contributed by atoms with E-state index in [1.165, 1.54) is 12.1 Å². The fourth-order valence-electron chi connectivity index (χ4n) is 4.46. The summed E-state index contributed by atoms with van der Waals surface area (Å²) >= 11 is 0. The topological polar surface area (TPSA) is 18.5 Å². The van der Waals surface area contributed by atoms with Gasteiger partial charge in [0.25, 0.3) is 0 Å². The molecule has 0 atom stereocenters. The minimum Gasteiger partial charge on any atom is -0.348 e. The smallest absolute Gasteiger partial charge is 0.348 e. The van der Waals surface area contributed by atoms with Crippen LogP contribution in [0.15, 0.2) is 48.5 Å². The van der Waals surface area contributed by atoms with Gasteiger partial charge in [-0.2, -0.15) is 13.2 Å². The molecule has 0 amide bonds. The second-order valence-electron chi connectivity index (χ2n) is 9.11.